The van der Waals surface area contributed by atoms with Crippen LogP contribution in [0.3, 0.4) is 0 Å². The van der Waals surface area contributed by atoms with Crippen LogP contribution in [0.15, 0.2) is 24.8 Å². The Bertz CT molecular complexity index is 217. The molecule has 12 heavy (non-hydrogen) atoms. The normalized spacial score (nSPS) is 8.67. The van der Waals surface area contributed by atoms with E-state index in [2.05, 4.69) is 17.9 Å². The number of hydrogen-bond donors (Lipinski definition) is 1. The molecule has 0 fully saturated rings. The number of hydrogen-bond acceptors (Lipinski definition) is 3. The second kappa shape index (κ2) is 5.12. The van der Waals surface area contributed by atoms with E-state index in [1.165, 1.54) is 6.08 Å². The molecule has 0 saturated carbocycles. The fraction of sp³-hybridized carbons (Fsp3) is 0.250. The molecule has 0 amide bonds. The lowest BCUT2D eigenvalue weighted by atomic mass is 10.2. The second-order valence-corrected chi connectivity index (χ2v) is 2.06. The van der Waals surface area contributed by atoms with Crippen LogP contribution in [-0.2, 0) is 14.3 Å². The highest BCUT2D eigenvalue weighted by Gasteiger charge is 2.10. The van der Waals surface area contributed by atoms with Gasteiger partial charge < -0.3 is 9.84 Å². The summed E-state index contributed by atoms with van der Waals surface area (Å²) in [6.07, 6.45) is 1.00. The Kier molecular flexibility index (Phi) is 4.45. The van der Waals surface area contributed by atoms with Crippen LogP contribution in [0.2, 0.25) is 0 Å². The number of carbonyl (C=O) groups is 2. The minimum atomic E-state index is -1.10. The molecule has 0 unspecified atom stereocenters. The number of carbonyl (C=O) groups excluding carboxylic acids is 1. The van der Waals surface area contributed by atoms with Gasteiger partial charge in [0, 0.05) is 5.57 Å². The zero-order valence-corrected chi connectivity index (χ0v) is 6.58. The lowest BCUT2D eigenvalue weighted by Gasteiger charge is -2.01. The topological polar surface area (TPSA) is 63.6 Å². The summed E-state index contributed by atoms with van der Waals surface area (Å²) in [6.45, 7) is 6.65. The molecule has 0 rings (SSSR count). The van der Waals surface area contributed by atoms with E-state index in [0.29, 0.717) is 0 Å². The fourth-order valence-electron chi connectivity index (χ4n) is 0.491. The summed E-state index contributed by atoms with van der Waals surface area (Å²) in [5, 5.41) is 8.27. The molecule has 0 atom stereocenters. The van der Waals surface area contributed by atoms with Crippen molar-refractivity contribution in [3.8, 4) is 0 Å². The van der Waals surface area contributed by atoms with Gasteiger partial charge in [0.25, 0.3) is 0 Å². The summed E-state index contributed by atoms with van der Waals surface area (Å²) < 4.78 is 4.53. The molecular weight excluding hydrogens is 160 g/mol. The van der Waals surface area contributed by atoms with Crippen LogP contribution >= 0.6 is 0 Å². The van der Waals surface area contributed by atoms with Gasteiger partial charge in [0.2, 0.25) is 0 Å². The van der Waals surface area contributed by atoms with Gasteiger partial charge in [0.15, 0.2) is 0 Å². The van der Waals surface area contributed by atoms with E-state index < -0.39 is 18.4 Å². The molecule has 0 aromatic rings. The molecule has 0 radical (unpaired) electrons. The van der Waals surface area contributed by atoms with Crippen LogP contribution in [-0.4, -0.2) is 23.7 Å². The minimum absolute atomic E-state index is 0.0654. The van der Waals surface area contributed by atoms with E-state index in [4.69, 9.17) is 5.11 Å². The van der Waals surface area contributed by atoms with Crippen molar-refractivity contribution in [1.29, 1.82) is 0 Å². The van der Waals surface area contributed by atoms with Crippen LogP contribution < -0.4 is 0 Å². The standard InChI is InChI=1S/C8H10O4/c1-3-4-12-8(11)6(2)5-7(9)10/h3H,1-2,4-5H2,(H,9,10). The Morgan fingerprint density at radius 2 is 2.08 bits per heavy atom. The van der Waals surface area contributed by atoms with Crippen molar-refractivity contribution in [2.24, 2.45) is 0 Å². The van der Waals surface area contributed by atoms with E-state index in [1.807, 2.05) is 0 Å². The predicted molar refractivity (Wildman–Crippen MR) is 42.5 cm³/mol. The molecule has 0 bridgehead atoms. The van der Waals surface area contributed by atoms with E-state index in [0.717, 1.165) is 0 Å². The number of esters is 1. The van der Waals surface area contributed by atoms with Crippen molar-refractivity contribution < 1.29 is 19.4 Å². The summed E-state index contributed by atoms with van der Waals surface area (Å²) in [5.41, 5.74) is -0.0654. The van der Waals surface area contributed by atoms with Crippen molar-refractivity contribution in [3.05, 3.63) is 24.8 Å². The average molecular weight is 170 g/mol. The van der Waals surface area contributed by atoms with Gasteiger partial charge in [-0.15, -0.1) is 0 Å². The Labute approximate surface area is 70.1 Å². The van der Waals surface area contributed by atoms with Crippen molar-refractivity contribution in [2.45, 2.75) is 6.42 Å². The molecule has 0 saturated heterocycles. The van der Waals surface area contributed by atoms with Gasteiger partial charge >= 0.3 is 11.9 Å². The zero-order valence-electron chi connectivity index (χ0n) is 6.58. The van der Waals surface area contributed by atoms with Crippen LogP contribution in [0, 0.1) is 0 Å². The van der Waals surface area contributed by atoms with Crippen LogP contribution in [0.5, 0.6) is 0 Å². The third-order valence-electron chi connectivity index (χ3n) is 0.986. The maximum Gasteiger partial charge on any atom is 0.334 e. The Balaban J connectivity index is 3.85. The number of ether oxygens (including phenoxy) is 1. The van der Waals surface area contributed by atoms with Crippen molar-refractivity contribution in [2.75, 3.05) is 6.61 Å². The molecule has 4 nitrogen and oxygen atoms in total. The molecule has 0 aromatic carbocycles. The van der Waals surface area contributed by atoms with Crippen molar-refractivity contribution in [1.82, 2.24) is 0 Å². The highest BCUT2D eigenvalue weighted by Crippen LogP contribution is 2.00. The van der Waals surface area contributed by atoms with Gasteiger partial charge in [-0.3, -0.25) is 4.79 Å². The molecule has 66 valence electrons. The largest absolute Gasteiger partial charge is 0.481 e. The van der Waals surface area contributed by atoms with Gasteiger partial charge in [0.1, 0.15) is 6.61 Å². The van der Waals surface area contributed by atoms with Gasteiger partial charge in [-0.2, -0.15) is 0 Å². The number of rotatable bonds is 5. The first-order valence-corrected chi connectivity index (χ1v) is 3.25. The molecule has 1 N–H and O–H groups in total. The maximum atomic E-state index is 10.8. The third-order valence-corrected chi connectivity index (χ3v) is 0.986. The summed E-state index contributed by atoms with van der Waals surface area (Å²) >= 11 is 0. The number of carboxylic acid groups (broad SMARTS) is 1. The van der Waals surface area contributed by atoms with Crippen LogP contribution in [0.25, 0.3) is 0 Å². The first-order chi connectivity index (χ1) is 5.57. The van der Waals surface area contributed by atoms with Gasteiger partial charge in [-0.1, -0.05) is 19.2 Å². The first-order valence-electron chi connectivity index (χ1n) is 3.25. The van der Waals surface area contributed by atoms with Crippen LogP contribution in [0.4, 0.5) is 0 Å². The van der Waals surface area contributed by atoms with E-state index in [9.17, 15) is 9.59 Å². The molecule has 0 aliphatic heterocycles. The molecule has 0 aliphatic rings. The zero-order chi connectivity index (χ0) is 9.56. The molecule has 4 heteroatoms. The fourth-order valence-corrected chi connectivity index (χ4v) is 0.491. The third kappa shape index (κ3) is 4.27. The van der Waals surface area contributed by atoms with Crippen molar-refractivity contribution in [3.63, 3.8) is 0 Å². The second-order valence-electron chi connectivity index (χ2n) is 2.06. The smallest absolute Gasteiger partial charge is 0.334 e. The lowest BCUT2D eigenvalue weighted by molar-refractivity contribution is -0.142. The van der Waals surface area contributed by atoms with Gasteiger partial charge in [-0.25, -0.2) is 4.79 Å². The lowest BCUT2D eigenvalue weighted by Crippen LogP contribution is -2.10. The monoisotopic (exact) mass is 170 g/mol. The van der Waals surface area contributed by atoms with Crippen molar-refractivity contribution >= 4 is 11.9 Å². The molecule has 0 aromatic heterocycles. The Morgan fingerprint density at radius 3 is 2.50 bits per heavy atom. The summed E-state index contributed by atoms with van der Waals surface area (Å²) in [4.78, 5) is 20.9. The first kappa shape index (κ1) is 10.4. The highest BCUT2D eigenvalue weighted by molar-refractivity contribution is 5.92. The maximum absolute atomic E-state index is 10.8. The van der Waals surface area contributed by atoms with Gasteiger partial charge in [0.05, 0.1) is 6.42 Å². The van der Waals surface area contributed by atoms with Crippen LogP contribution in [0.1, 0.15) is 6.42 Å². The summed E-state index contributed by atoms with van der Waals surface area (Å²) in [6, 6.07) is 0. The molecule has 0 spiro atoms. The number of aliphatic carboxylic acids is 1. The SMILES string of the molecule is C=CCOC(=O)C(=C)CC(=O)O. The Morgan fingerprint density at radius 1 is 1.50 bits per heavy atom. The summed E-state index contributed by atoms with van der Waals surface area (Å²) in [5.74, 6) is -1.80. The number of carboxylic acids is 1. The van der Waals surface area contributed by atoms with E-state index >= 15 is 0 Å². The van der Waals surface area contributed by atoms with Gasteiger partial charge in [-0.05, 0) is 0 Å². The average Bonchev–Trinajstić information content (AvgIpc) is 1.98. The van der Waals surface area contributed by atoms with E-state index in [1.54, 1.807) is 0 Å². The van der Waals surface area contributed by atoms with E-state index in [-0.39, 0.29) is 12.2 Å². The quantitative estimate of drug-likeness (QED) is 0.375. The minimum Gasteiger partial charge on any atom is -0.481 e. The summed E-state index contributed by atoms with van der Waals surface area (Å²) in [7, 11) is 0. The molecule has 0 heterocycles. The Hall–Kier alpha value is -1.58. The molecular formula is C8H10O4. The predicted octanol–water partition coefficient (Wildman–Crippen LogP) is 0.746. The highest BCUT2D eigenvalue weighted by atomic mass is 16.5. The molecule has 0 aliphatic carbocycles.